The van der Waals surface area contributed by atoms with Gasteiger partial charge in [0, 0.05) is 32.4 Å². The van der Waals surface area contributed by atoms with Gasteiger partial charge >= 0.3 is 0 Å². The summed E-state index contributed by atoms with van der Waals surface area (Å²) in [5.41, 5.74) is 1.07. The summed E-state index contributed by atoms with van der Waals surface area (Å²) in [5, 5.41) is 2.74. The van der Waals surface area contributed by atoms with Gasteiger partial charge in [0.2, 0.25) is 5.91 Å². The Morgan fingerprint density at radius 1 is 1.15 bits per heavy atom. The molecule has 34 heavy (non-hydrogen) atoms. The van der Waals surface area contributed by atoms with E-state index in [1.165, 1.54) is 24.3 Å². The van der Waals surface area contributed by atoms with Gasteiger partial charge in [0.1, 0.15) is 24.3 Å². The van der Waals surface area contributed by atoms with Crippen LogP contribution in [0.2, 0.25) is 0 Å². The Hall–Kier alpha value is -3.46. The molecule has 0 radical (unpaired) electrons. The van der Waals surface area contributed by atoms with E-state index in [0.29, 0.717) is 41.8 Å². The average Bonchev–Trinajstić information content (AvgIpc) is 2.82. The van der Waals surface area contributed by atoms with Crippen molar-refractivity contribution in [2.24, 2.45) is 0 Å². The third-order valence-electron chi connectivity index (χ3n) is 6.28. The van der Waals surface area contributed by atoms with Gasteiger partial charge in [-0.25, -0.2) is 4.39 Å². The lowest BCUT2D eigenvalue weighted by Gasteiger charge is -2.42. The molecule has 0 aliphatic carbocycles. The van der Waals surface area contributed by atoms with Crippen LogP contribution in [0.4, 0.5) is 10.1 Å². The first-order valence-corrected chi connectivity index (χ1v) is 11.2. The third-order valence-corrected chi connectivity index (χ3v) is 6.28. The van der Waals surface area contributed by atoms with Crippen LogP contribution in [0.25, 0.3) is 0 Å². The van der Waals surface area contributed by atoms with Gasteiger partial charge in [-0.15, -0.1) is 0 Å². The van der Waals surface area contributed by atoms with E-state index in [4.69, 9.17) is 9.47 Å². The second kappa shape index (κ2) is 9.80. The van der Waals surface area contributed by atoms with Crippen LogP contribution in [-0.2, 0) is 9.53 Å². The molecule has 3 amide bonds. The first kappa shape index (κ1) is 23.7. The van der Waals surface area contributed by atoms with E-state index in [1.807, 2.05) is 0 Å². The van der Waals surface area contributed by atoms with Crippen LogP contribution >= 0.6 is 0 Å². The molecule has 2 aromatic rings. The van der Waals surface area contributed by atoms with E-state index in [-0.39, 0.29) is 36.7 Å². The summed E-state index contributed by atoms with van der Waals surface area (Å²) < 4.78 is 25.2. The molecular formula is C25H28FN3O5. The van der Waals surface area contributed by atoms with Gasteiger partial charge in [-0.1, -0.05) is 0 Å². The molecule has 1 fully saturated rings. The standard InChI is InChI=1S/C25H28FN3O5/c1-28(2)23(30)13-18-9-10-20-22(34-18)14-33-21-11-8-17(12-19(21)25(32)29(20)3)27-24(31)15-4-6-16(26)7-5-15/h4-8,11-12,18,20,22H,9-10,13-14H2,1-3H3,(H,27,31)/t18-,20-,22-/m1/s1. The normalized spacial score (nSPS) is 21.9. The van der Waals surface area contributed by atoms with Crippen LogP contribution in [0.15, 0.2) is 42.5 Å². The van der Waals surface area contributed by atoms with Crippen molar-refractivity contribution in [3.05, 3.63) is 59.4 Å². The summed E-state index contributed by atoms with van der Waals surface area (Å²) in [5.74, 6) is -0.685. The van der Waals surface area contributed by atoms with Gasteiger partial charge in [-0.2, -0.15) is 0 Å². The Morgan fingerprint density at radius 2 is 1.88 bits per heavy atom. The minimum atomic E-state index is -0.427. The second-order valence-electron chi connectivity index (χ2n) is 8.83. The van der Waals surface area contributed by atoms with Crippen molar-refractivity contribution in [2.75, 3.05) is 33.1 Å². The number of nitrogens with zero attached hydrogens (tertiary/aromatic N) is 2. The number of hydrogen-bond acceptors (Lipinski definition) is 5. The van der Waals surface area contributed by atoms with E-state index in [2.05, 4.69) is 5.32 Å². The number of carbonyl (C=O) groups excluding carboxylic acids is 3. The number of carbonyl (C=O) groups is 3. The predicted molar refractivity (Wildman–Crippen MR) is 123 cm³/mol. The zero-order valence-electron chi connectivity index (χ0n) is 19.4. The molecule has 0 spiro atoms. The summed E-state index contributed by atoms with van der Waals surface area (Å²) >= 11 is 0. The molecular weight excluding hydrogens is 441 g/mol. The monoisotopic (exact) mass is 469 g/mol. The number of rotatable bonds is 4. The number of amides is 3. The van der Waals surface area contributed by atoms with Gasteiger partial charge in [-0.3, -0.25) is 14.4 Å². The highest BCUT2D eigenvalue weighted by atomic mass is 19.1. The maximum Gasteiger partial charge on any atom is 0.257 e. The lowest BCUT2D eigenvalue weighted by Crippen LogP contribution is -2.53. The van der Waals surface area contributed by atoms with E-state index in [9.17, 15) is 18.8 Å². The van der Waals surface area contributed by atoms with Crippen molar-refractivity contribution in [1.29, 1.82) is 0 Å². The van der Waals surface area contributed by atoms with Crippen LogP contribution < -0.4 is 10.1 Å². The molecule has 4 rings (SSSR count). The fourth-order valence-electron chi connectivity index (χ4n) is 4.29. The summed E-state index contributed by atoms with van der Waals surface area (Å²) in [6.45, 7) is 0.239. The zero-order valence-corrected chi connectivity index (χ0v) is 19.4. The molecule has 0 aromatic heterocycles. The van der Waals surface area contributed by atoms with Gasteiger partial charge in [-0.05, 0) is 55.3 Å². The van der Waals surface area contributed by atoms with E-state index < -0.39 is 11.7 Å². The molecule has 180 valence electrons. The lowest BCUT2D eigenvalue weighted by atomic mass is 9.94. The fraction of sp³-hybridized carbons (Fsp3) is 0.400. The average molecular weight is 470 g/mol. The predicted octanol–water partition coefficient (Wildman–Crippen LogP) is 2.94. The summed E-state index contributed by atoms with van der Waals surface area (Å²) in [6.07, 6.45) is 1.08. The highest BCUT2D eigenvalue weighted by Crippen LogP contribution is 2.32. The molecule has 0 bridgehead atoms. The first-order valence-electron chi connectivity index (χ1n) is 11.2. The largest absolute Gasteiger partial charge is 0.490 e. The van der Waals surface area contributed by atoms with Gasteiger partial charge in [0.25, 0.3) is 11.8 Å². The van der Waals surface area contributed by atoms with Crippen molar-refractivity contribution in [3.8, 4) is 5.75 Å². The third kappa shape index (κ3) is 5.04. The van der Waals surface area contributed by atoms with E-state index in [0.717, 1.165) is 0 Å². The Kier molecular flexibility index (Phi) is 6.83. The number of likely N-dealkylation sites (N-methyl/N-ethyl adjacent to an activating group) is 1. The summed E-state index contributed by atoms with van der Waals surface area (Å²) in [7, 11) is 5.16. The number of ether oxygens (including phenoxy) is 2. The van der Waals surface area contributed by atoms with Crippen LogP contribution in [-0.4, -0.2) is 73.5 Å². The van der Waals surface area contributed by atoms with Gasteiger partial charge < -0.3 is 24.6 Å². The Bertz CT molecular complexity index is 1090. The Balaban J connectivity index is 1.50. The molecule has 2 aliphatic rings. The Labute approximate surface area is 197 Å². The Morgan fingerprint density at radius 3 is 2.59 bits per heavy atom. The number of anilines is 1. The molecule has 1 saturated heterocycles. The van der Waals surface area contributed by atoms with E-state index >= 15 is 0 Å². The first-order chi connectivity index (χ1) is 16.2. The summed E-state index contributed by atoms with van der Waals surface area (Å²) in [6, 6.07) is 9.88. The topological polar surface area (TPSA) is 88.2 Å². The van der Waals surface area contributed by atoms with Crippen LogP contribution in [0.5, 0.6) is 5.75 Å². The van der Waals surface area contributed by atoms with Crippen LogP contribution in [0, 0.1) is 5.82 Å². The number of benzene rings is 2. The molecule has 2 aromatic carbocycles. The molecule has 0 unspecified atom stereocenters. The highest BCUT2D eigenvalue weighted by molar-refractivity contribution is 6.05. The molecule has 3 atom stereocenters. The quantitative estimate of drug-likeness (QED) is 0.744. The van der Waals surface area contributed by atoms with E-state index in [1.54, 1.807) is 49.1 Å². The number of nitrogens with one attached hydrogen (secondary N) is 1. The highest BCUT2D eigenvalue weighted by Gasteiger charge is 2.39. The number of hydrogen-bond donors (Lipinski definition) is 1. The van der Waals surface area contributed by atoms with Crippen molar-refractivity contribution >= 4 is 23.4 Å². The zero-order chi connectivity index (χ0) is 24.4. The SMILES string of the molecule is CN(C)C(=O)C[C@H]1CC[C@@H]2[C@@H](COc3ccc(NC(=O)c4ccc(F)cc4)cc3C(=O)N2C)O1. The minimum absolute atomic E-state index is 0.000188. The molecule has 2 heterocycles. The number of halogens is 1. The van der Waals surface area contributed by atoms with Gasteiger partial charge in [0.05, 0.1) is 24.1 Å². The number of fused-ring (bicyclic) bond motifs is 2. The lowest BCUT2D eigenvalue weighted by molar-refractivity contribution is -0.140. The molecule has 1 N–H and O–H groups in total. The smallest absolute Gasteiger partial charge is 0.257 e. The van der Waals surface area contributed by atoms with Crippen molar-refractivity contribution in [1.82, 2.24) is 9.80 Å². The van der Waals surface area contributed by atoms with Crippen LogP contribution in [0.3, 0.4) is 0 Å². The summed E-state index contributed by atoms with van der Waals surface area (Å²) in [4.78, 5) is 41.1. The van der Waals surface area contributed by atoms with Gasteiger partial charge in [0.15, 0.2) is 0 Å². The van der Waals surface area contributed by atoms with Crippen molar-refractivity contribution < 1.29 is 28.2 Å². The second-order valence-corrected chi connectivity index (χ2v) is 8.83. The molecule has 2 aliphatic heterocycles. The molecule has 8 nitrogen and oxygen atoms in total. The molecule has 0 saturated carbocycles. The van der Waals surface area contributed by atoms with Crippen LogP contribution in [0.1, 0.15) is 40.0 Å². The molecule has 9 heteroatoms. The van der Waals surface area contributed by atoms with Crippen molar-refractivity contribution in [2.45, 2.75) is 37.5 Å². The maximum atomic E-state index is 13.3. The van der Waals surface area contributed by atoms with Crippen molar-refractivity contribution in [3.63, 3.8) is 0 Å². The maximum absolute atomic E-state index is 13.3. The fourth-order valence-corrected chi connectivity index (χ4v) is 4.29. The minimum Gasteiger partial charge on any atom is -0.490 e.